The molecular formula is C4H6N2O2. The number of hydrogen-bond donors (Lipinski definition) is 1. The van der Waals surface area contributed by atoms with Gasteiger partial charge < -0.3 is 10.6 Å². The van der Waals surface area contributed by atoms with Crippen molar-refractivity contribution in [1.82, 2.24) is 0 Å². The second-order valence-electron chi connectivity index (χ2n) is 0.869. The fourth-order valence-corrected chi connectivity index (χ4v) is 0.120. The van der Waals surface area contributed by atoms with Crippen LogP contribution in [-0.2, 0) is 9.63 Å². The molecule has 0 spiro atoms. The van der Waals surface area contributed by atoms with E-state index in [-0.39, 0.29) is 0 Å². The highest BCUT2D eigenvalue weighted by Gasteiger charge is 1.87. The Labute approximate surface area is 46.6 Å². The van der Waals surface area contributed by atoms with Crippen molar-refractivity contribution in [3.05, 3.63) is 12.7 Å². The molecule has 0 saturated carbocycles. The predicted octanol–water partition coefficient (Wildman–Crippen LogP) is -0.382. The SMILES string of the molecule is C=CC(=O)ON=CN. The van der Waals surface area contributed by atoms with Crippen molar-refractivity contribution in [3.8, 4) is 0 Å². The first-order chi connectivity index (χ1) is 3.81. The molecule has 0 saturated heterocycles. The maximum Gasteiger partial charge on any atom is 0.358 e. The second-order valence-corrected chi connectivity index (χ2v) is 0.869. The molecule has 0 bridgehead atoms. The van der Waals surface area contributed by atoms with E-state index < -0.39 is 5.97 Å². The van der Waals surface area contributed by atoms with Crippen LogP contribution < -0.4 is 5.73 Å². The van der Waals surface area contributed by atoms with Crippen LogP contribution in [0, 0.1) is 0 Å². The van der Waals surface area contributed by atoms with Crippen molar-refractivity contribution in [1.29, 1.82) is 0 Å². The quantitative estimate of drug-likeness (QED) is 0.175. The first-order valence-electron chi connectivity index (χ1n) is 1.88. The lowest BCUT2D eigenvalue weighted by atomic mass is 10.7. The fourth-order valence-electron chi connectivity index (χ4n) is 0.120. The number of carbonyl (C=O) groups excluding carboxylic acids is 1. The second kappa shape index (κ2) is 3.86. The van der Waals surface area contributed by atoms with Crippen molar-refractivity contribution in [3.63, 3.8) is 0 Å². The number of carbonyl (C=O) groups is 1. The molecule has 0 unspecified atom stereocenters. The van der Waals surface area contributed by atoms with E-state index in [4.69, 9.17) is 5.73 Å². The number of hydrogen-bond acceptors (Lipinski definition) is 3. The summed E-state index contributed by atoms with van der Waals surface area (Å²) in [6, 6.07) is 0. The lowest BCUT2D eigenvalue weighted by molar-refractivity contribution is -0.137. The maximum atomic E-state index is 10.1. The Morgan fingerprint density at radius 3 is 2.88 bits per heavy atom. The van der Waals surface area contributed by atoms with Crippen LogP contribution in [0.2, 0.25) is 0 Å². The summed E-state index contributed by atoms with van der Waals surface area (Å²) in [6.07, 6.45) is 1.87. The molecule has 8 heavy (non-hydrogen) atoms. The molecule has 4 heteroatoms. The predicted molar refractivity (Wildman–Crippen MR) is 29.0 cm³/mol. The van der Waals surface area contributed by atoms with Crippen molar-refractivity contribution in [2.75, 3.05) is 0 Å². The first-order valence-corrected chi connectivity index (χ1v) is 1.88. The van der Waals surface area contributed by atoms with Gasteiger partial charge in [-0.1, -0.05) is 11.7 Å². The lowest BCUT2D eigenvalue weighted by Gasteiger charge is -1.84. The van der Waals surface area contributed by atoms with Gasteiger partial charge in [-0.15, -0.1) is 0 Å². The van der Waals surface area contributed by atoms with Crippen LogP contribution in [0.5, 0.6) is 0 Å². The Hall–Kier alpha value is -1.32. The monoisotopic (exact) mass is 114 g/mol. The summed E-state index contributed by atoms with van der Waals surface area (Å²) in [5, 5.41) is 2.97. The molecule has 0 aliphatic heterocycles. The van der Waals surface area contributed by atoms with Crippen LogP contribution in [0.4, 0.5) is 0 Å². The lowest BCUT2D eigenvalue weighted by Crippen LogP contribution is -1.96. The third kappa shape index (κ3) is 2.89. The molecule has 0 aliphatic rings. The van der Waals surface area contributed by atoms with E-state index in [2.05, 4.69) is 16.6 Å². The molecule has 0 atom stereocenters. The summed E-state index contributed by atoms with van der Waals surface area (Å²) in [4.78, 5) is 14.1. The van der Waals surface area contributed by atoms with Gasteiger partial charge in [-0.05, 0) is 0 Å². The maximum absolute atomic E-state index is 10.1. The molecule has 0 rings (SSSR count). The smallest absolute Gasteiger partial charge is 0.358 e. The summed E-state index contributed by atoms with van der Waals surface area (Å²) in [5.74, 6) is -0.619. The molecule has 44 valence electrons. The summed E-state index contributed by atoms with van der Waals surface area (Å²) < 4.78 is 0. The highest BCUT2D eigenvalue weighted by Crippen LogP contribution is 1.75. The van der Waals surface area contributed by atoms with Crippen LogP contribution in [0.25, 0.3) is 0 Å². The van der Waals surface area contributed by atoms with Crippen LogP contribution in [0.3, 0.4) is 0 Å². The zero-order valence-corrected chi connectivity index (χ0v) is 4.20. The molecule has 0 fully saturated rings. The highest BCUT2D eigenvalue weighted by atomic mass is 16.7. The molecule has 0 aliphatic carbocycles. The Bertz CT molecular complexity index is 119. The molecule has 0 aromatic carbocycles. The van der Waals surface area contributed by atoms with Crippen LogP contribution in [0.1, 0.15) is 0 Å². The van der Waals surface area contributed by atoms with Gasteiger partial charge in [0, 0.05) is 6.08 Å². The minimum Gasteiger partial charge on any atom is -0.387 e. The number of rotatable bonds is 2. The number of nitrogens with two attached hydrogens (primary N) is 1. The van der Waals surface area contributed by atoms with Gasteiger partial charge in [-0.25, -0.2) is 4.79 Å². The van der Waals surface area contributed by atoms with Gasteiger partial charge in [0.15, 0.2) is 0 Å². The molecule has 0 aromatic rings. The van der Waals surface area contributed by atoms with E-state index in [9.17, 15) is 4.79 Å². The minimum absolute atomic E-state index is 0.619. The number of nitrogens with zero attached hydrogens (tertiary/aromatic N) is 1. The summed E-state index contributed by atoms with van der Waals surface area (Å²) >= 11 is 0. The van der Waals surface area contributed by atoms with Gasteiger partial charge in [0.2, 0.25) is 0 Å². The zero-order valence-electron chi connectivity index (χ0n) is 4.20. The van der Waals surface area contributed by atoms with Gasteiger partial charge in [-0.2, -0.15) is 0 Å². The van der Waals surface area contributed by atoms with Crippen LogP contribution in [-0.4, -0.2) is 12.3 Å². The molecular weight excluding hydrogens is 108 g/mol. The van der Waals surface area contributed by atoms with E-state index in [0.29, 0.717) is 0 Å². The van der Waals surface area contributed by atoms with Gasteiger partial charge in [0.25, 0.3) is 0 Å². The number of oxime groups is 1. The fraction of sp³-hybridized carbons (Fsp3) is 0. The van der Waals surface area contributed by atoms with Crippen molar-refractivity contribution in [2.24, 2.45) is 10.9 Å². The topological polar surface area (TPSA) is 64.7 Å². The Morgan fingerprint density at radius 1 is 1.88 bits per heavy atom. The average Bonchev–Trinajstić information content (AvgIpc) is 1.83. The zero-order chi connectivity index (χ0) is 6.41. The van der Waals surface area contributed by atoms with Crippen molar-refractivity contribution < 1.29 is 9.63 Å². The van der Waals surface area contributed by atoms with E-state index in [1.54, 1.807) is 0 Å². The molecule has 0 aromatic heterocycles. The molecule has 0 amide bonds. The molecule has 4 nitrogen and oxygen atoms in total. The van der Waals surface area contributed by atoms with Gasteiger partial charge in [0.1, 0.15) is 6.34 Å². The summed E-state index contributed by atoms with van der Waals surface area (Å²) in [5.41, 5.74) is 4.73. The van der Waals surface area contributed by atoms with Gasteiger partial charge in [0.05, 0.1) is 0 Å². The molecule has 0 radical (unpaired) electrons. The third-order valence-electron chi connectivity index (χ3n) is 0.370. The van der Waals surface area contributed by atoms with Gasteiger partial charge in [-0.3, -0.25) is 0 Å². The van der Waals surface area contributed by atoms with Crippen molar-refractivity contribution in [2.45, 2.75) is 0 Å². The van der Waals surface area contributed by atoms with E-state index in [1.807, 2.05) is 0 Å². The van der Waals surface area contributed by atoms with Gasteiger partial charge >= 0.3 is 5.97 Å². The van der Waals surface area contributed by atoms with E-state index >= 15 is 0 Å². The largest absolute Gasteiger partial charge is 0.387 e. The Balaban J connectivity index is 3.39. The summed E-state index contributed by atoms with van der Waals surface area (Å²) in [7, 11) is 0. The first kappa shape index (κ1) is 6.68. The highest BCUT2D eigenvalue weighted by molar-refractivity contribution is 5.81. The van der Waals surface area contributed by atoms with Crippen molar-refractivity contribution >= 4 is 12.3 Å². The molecule has 0 heterocycles. The average molecular weight is 114 g/mol. The van der Waals surface area contributed by atoms with E-state index in [0.717, 1.165) is 12.4 Å². The minimum atomic E-state index is -0.619. The Kier molecular flexibility index (Phi) is 3.22. The van der Waals surface area contributed by atoms with E-state index in [1.165, 1.54) is 0 Å². The van der Waals surface area contributed by atoms with Crippen LogP contribution in [0.15, 0.2) is 17.8 Å². The Morgan fingerprint density at radius 2 is 2.50 bits per heavy atom. The van der Waals surface area contributed by atoms with Crippen LogP contribution >= 0.6 is 0 Å². The third-order valence-corrected chi connectivity index (χ3v) is 0.370. The molecule has 2 N–H and O–H groups in total. The normalized spacial score (nSPS) is 9.00. The standard InChI is InChI=1S/C4H6N2O2/c1-2-4(7)8-6-3-5/h2-3H,1H2,(H2,5,6). The summed E-state index contributed by atoms with van der Waals surface area (Å²) in [6.45, 7) is 3.12.